The Balaban J connectivity index is 1.39. The van der Waals surface area contributed by atoms with Crippen molar-refractivity contribution in [3.05, 3.63) is 53.7 Å². The van der Waals surface area contributed by atoms with Gasteiger partial charge in [0.2, 0.25) is 15.9 Å². The Morgan fingerprint density at radius 2 is 1.94 bits per heavy atom. The summed E-state index contributed by atoms with van der Waals surface area (Å²) in [5.41, 5.74) is 1.51. The van der Waals surface area contributed by atoms with Gasteiger partial charge in [0.15, 0.2) is 0 Å². The molecule has 0 unspecified atom stereocenters. The summed E-state index contributed by atoms with van der Waals surface area (Å²) >= 11 is 0. The van der Waals surface area contributed by atoms with Gasteiger partial charge in [-0.2, -0.15) is 5.26 Å². The zero-order valence-corrected chi connectivity index (χ0v) is 18.7. The van der Waals surface area contributed by atoms with Gasteiger partial charge in [-0.15, -0.1) is 0 Å². The van der Waals surface area contributed by atoms with Crippen molar-refractivity contribution < 1.29 is 13.2 Å². The molecule has 1 aliphatic rings. The van der Waals surface area contributed by atoms with Crippen molar-refractivity contribution in [2.75, 3.05) is 44.2 Å². The summed E-state index contributed by atoms with van der Waals surface area (Å²) in [7, 11) is -3.69. The number of nitrogens with two attached hydrogens (primary N) is 1. The second-order valence-electron chi connectivity index (χ2n) is 7.71. The standard InChI is InChI=1S/C22H28N6O3S/c23-17-19-3-1-10-26-22(19)28-13-2-12-27(15-16-28)14-9-21(29)25-11-8-18-4-6-20(7-5-18)32(24,30)31/h1,3-7,10H,2,8-9,11-16H2,(H,25,29)(H2,24,30,31). The van der Waals surface area contributed by atoms with Crippen LogP contribution in [0, 0.1) is 11.3 Å². The number of aromatic nitrogens is 1. The number of hydrogen-bond acceptors (Lipinski definition) is 7. The average Bonchev–Trinajstić information content (AvgIpc) is 3.03. The molecule has 32 heavy (non-hydrogen) atoms. The number of nitrogens with zero attached hydrogens (tertiary/aromatic N) is 4. The Morgan fingerprint density at radius 3 is 2.66 bits per heavy atom. The summed E-state index contributed by atoms with van der Waals surface area (Å²) in [6, 6.07) is 12.1. The third-order valence-corrected chi connectivity index (χ3v) is 6.37. The van der Waals surface area contributed by atoms with Gasteiger partial charge < -0.3 is 15.1 Å². The van der Waals surface area contributed by atoms with E-state index in [1.807, 2.05) is 0 Å². The minimum atomic E-state index is -3.69. The van der Waals surface area contributed by atoms with Gasteiger partial charge in [0.1, 0.15) is 11.9 Å². The largest absolute Gasteiger partial charge is 0.356 e. The lowest BCUT2D eigenvalue weighted by atomic mass is 10.1. The second kappa shape index (κ2) is 11.0. The molecule has 3 N–H and O–H groups in total. The maximum absolute atomic E-state index is 12.2. The summed E-state index contributed by atoms with van der Waals surface area (Å²) in [5, 5.41) is 17.3. The molecule has 1 aromatic carbocycles. The molecule has 2 heterocycles. The molecule has 0 atom stereocenters. The predicted molar refractivity (Wildman–Crippen MR) is 121 cm³/mol. The zero-order chi connectivity index (χ0) is 23.0. The van der Waals surface area contributed by atoms with Crippen molar-refractivity contribution in [1.29, 1.82) is 5.26 Å². The lowest BCUT2D eigenvalue weighted by molar-refractivity contribution is -0.121. The van der Waals surface area contributed by atoms with E-state index in [0.29, 0.717) is 31.5 Å². The number of anilines is 1. The lowest BCUT2D eigenvalue weighted by Crippen LogP contribution is -2.34. The van der Waals surface area contributed by atoms with E-state index in [0.717, 1.165) is 44.0 Å². The molecule has 10 heteroatoms. The summed E-state index contributed by atoms with van der Waals surface area (Å²) in [6.07, 6.45) is 3.67. The number of carbonyl (C=O) groups is 1. The molecule has 1 saturated heterocycles. The normalized spacial score (nSPS) is 15.1. The highest BCUT2D eigenvalue weighted by molar-refractivity contribution is 7.89. The van der Waals surface area contributed by atoms with Crippen LogP contribution in [-0.2, 0) is 21.2 Å². The van der Waals surface area contributed by atoms with Crippen LogP contribution in [0.4, 0.5) is 5.82 Å². The fourth-order valence-electron chi connectivity index (χ4n) is 3.68. The summed E-state index contributed by atoms with van der Waals surface area (Å²) < 4.78 is 22.6. The first kappa shape index (κ1) is 23.7. The molecule has 0 spiro atoms. The Hall–Kier alpha value is -3.00. The first-order valence-corrected chi connectivity index (χ1v) is 12.1. The van der Waals surface area contributed by atoms with Crippen LogP contribution in [0.3, 0.4) is 0 Å². The second-order valence-corrected chi connectivity index (χ2v) is 9.27. The number of sulfonamides is 1. The molecule has 0 aliphatic carbocycles. The molecule has 170 valence electrons. The van der Waals surface area contributed by atoms with Crippen LogP contribution in [0.15, 0.2) is 47.5 Å². The third kappa shape index (κ3) is 6.75. The van der Waals surface area contributed by atoms with Gasteiger partial charge in [0.25, 0.3) is 0 Å². The van der Waals surface area contributed by atoms with Crippen molar-refractivity contribution in [3.63, 3.8) is 0 Å². The smallest absolute Gasteiger partial charge is 0.238 e. The van der Waals surface area contributed by atoms with Gasteiger partial charge in [-0.05, 0) is 49.2 Å². The molecule has 1 aliphatic heterocycles. The average molecular weight is 457 g/mol. The Labute approximate surface area is 188 Å². The van der Waals surface area contributed by atoms with Crippen LogP contribution in [0.2, 0.25) is 0 Å². The van der Waals surface area contributed by atoms with E-state index in [4.69, 9.17) is 5.14 Å². The quantitative estimate of drug-likeness (QED) is 0.602. The van der Waals surface area contributed by atoms with Gasteiger partial charge in [-0.3, -0.25) is 4.79 Å². The number of benzene rings is 1. The maximum atomic E-state index is 12.2. The van der Waals surface area contributed by atoms with Crippen molar-refractivity contribution in [2.45, 2.75) is 24.2 Å². The van der Waals surface area contributed by atoms with E-state index < -0.39 is 10.0 Å². The molecule has 0 bridgehead atoms. The number of primary sulfonamides is 1. The highest BCUT2D eigenvalue weighted by Crippen LogP contribution is 2.18. The van der Waals surface area contributed by atoms with Gasteiger partial charge >= 0.3 is 0 Å². The predicted octanol–water partition coefficient (Wildman–Crippen LogP) is 0.862. The monoisotopic (exact) mass is 456 g/mol. The molecule has 3 rings (SSSR count). The molecule has 2 aromatic rings. The van der Waals surface area contributed by atoms with Crippen molar-refractivity contribution >= 4 is 21.7 Å². The van der Waals surface area contributed by atoms with Gasteiger partial charge in [0.05, 0.1) is 10.5 Å². The molecule has 0 radical (unpaired) electrons. The number of pyridine rings is 1. The topological polar surface area (TPSA) is 132 Å². The molecular formula is C22H28N6O3S. The van der Waals surface area contributed by atoms with Crippen molar-refractivity contribution in [1.82, 2.24) is 15.2 Å². The fourth-order valence-corrected chi connectivity index (χ4v) is 4.20. The Bertz CT molecular complexity index is 1070. The van der Waals surface area contributed by atoms with Gasteiger partial charge in [-0.25, -0.2) is 18.5 Å². The fraction of sp³-hybridized carbons (Fsp3) is 0.409. The van der Waals surface area contributed by atoms with E-state index in [1.54, 1.807) is 30.5 Å². The number of hydrogen-bond donors (Lipinski definition) is 2. The summed E-state index contributed by atoms with van der Waals surface area (Å²) in [4.78, 5) is 21.1. The molecule has 1 amide bonds. The summed E-state index contributed by atoms with van der Waals surface area (Å²) in [5.74, 6) is 0.718. The molecular weight excluding hydrogens is 428 g/mol. The minimum absolute atomic E-state index is 0.0104. The van der Waals surface area contributed by atoms with Gasteiger partial charge in [-0.1, -0.05) is 12.1 Å². The highest BCUT2D eigenvalue weighted by Gasteiger charge is 2.18. The Morgan fingerprint density at radius 1 is 1.16 bits per heavy atom. The zero-order valence-electron chi connectivity index (χ0n) is 17.9. The maximum Gasteiger partial charge on any atom is 0.238 e. The number of amides is 1. The van der Waals surface area contributed by atoms with Crippen molar-refractivity contribution in [3.8, 4) is 6.07 Å². The van der Waals surface area contributed by atoms with E-state index >= 15 is 0 Å². The summed E-state index contributed by atoms with van der Waals surface area (Å²) in [6.45, 7) is 4.47. The minimum Gasteiger partial charge on any atom is -0.356 e. The van der Waals surface area contributed by atoms with E-state index in [9.17, 15) is 18.5 Å². The van der Waals surface area contributed by atoms with E-state index in [1.165, 1.54) is 12.1 Å². The molecule has 9 nitrogen and oxygen atoms in total. The number of rotatable bonds is 8. The van der Waals surface area contributed by atoms with Crippen LogP contribution < -0.4 is 15.4 Å². The molecule has 0 saturated carbocycles. The first-order valence-electron chi connectivity index (χ1n) is 10.6. The first-order chi connectivity index (χ1) is 15.4. The van der Waals surface area contributed by atoms with Crippen LogP contribution >= 0.6 is 0 Å². The van der Waals surface area contributed by atoms with E-state index in [-0.39, 0.29) is 10.8 Å². The van der Waals surface area contributed by atoms with Crippen LogP contribution in [0.25, 0.3) is 0 Å². The number of carbonyl (C=O) groups excluding carboxylic acids is 1. The molecule has 1 aromatic heterocycles. The number of nitrogens with one attached hydrogen (secondary N) is 1. The van der Waals surface area contributed by atoms with Crippen LogP contribution in [0.5, 0.6) is 0 Å². The van der Waals surface area contributed by atoms with Crippen LogP contribution in [-0.4, -0.2) is 63.5 Å². The Kier molecular flexibility index (Phi) is 8.16. The lowest BCUT2D eigenvalue weighted by Gasteiger charge is -2.23. The highest BCUT2D eigenvalue weighted by atomic mass is 32.2. The van der Waals surface area contributed by atoms with Crippen LogP contribution in [0.1, 0.15) is 24.0 Å². The SMILES string of the molecule is N#Cc1cccnc1N1CCCN(CCC(=O)NCCc2ccc(S(N)(=O)=O)cc2)CC1. The van der Waals surface area contributed by atoms with Gasteiger partial charge in [0, 0.05) is 45.3 Å². The molecule has 1 fully saturated rings. The van der Waals surface area contributed by atoms with Crippen molar-refractivity contribution in [2.24, 2.45) is 5.14 Å². The third-order valence-electron chi connectivity index (χ3n) is 5.44. The van der Waals surface area contributed by atoms with E-state index in [2.05, 4.69) is 26.2 Å². The number of nitriles is 1.